The molecule has 1 fully saturated rings. The van der Waals surface area contributed by atoms with Crippen molar-refractivity contribution in [3.8, 4) is 0 Å². The lowest BCUT2D eigenvalue weighted by atomic mass is 9.61. The minimum atomic E-state index is -0.835. The Morgan fingerprint density at radius 2 is 1.97 bits per heavy atom. The number of hydrogen-bond acceptors (Lipinski definition) is 3. The average molecular weight is 488 g/mol. The SMILES string of the molecule is CN[C@]12C(C(=O)c3[nH]c(Cl)c(Cl)c3Cl)[C@H](/C=C(\C)C[C@@H](C)C(=O)O)C=C[C@@H]1CC[C@@H]2C. The molecule has 1 aromatic rings. The number of Topliss-reactive ketones (excluding diaryl/α,β-unsaturated/α-hetero) is 1. The second-order valence-electron chi connectivity index (χ2n) is 8.97. The molecular formula is C23H29Cl3N2O3. The van der Waals surface area contributed by atoms with Crippen molar-refractivity contribution in [3.05, 3.63) is 44.7 Å². The molecule has 0 aliphatic heterocycles. The van der Waals surface area contributed by atoms with Gasteiger partial charge in [-0.05, 0) is 45.1 Å². The molecule has 0 amide bonds. The van der Waals surface area contributed by atoms with Gasteiger partial charge in [-0.1, -0.05) is 72.5 Å². The molecule has 1 unspecified atom stereocenters. The van der Waals surface area contributed by atoms with Crippen LogP contribution in [-0.2, 0) is 4.79 Å². The first kappa shape index (κ1) is 24.4. The number of hydrogen-bond donors (Lipinski definition) is 3. The maximum absolute atomic E-state index is 13.9. The highest BCUT2D eigenvalue weighted by Crippen LogP contribution is 2.53. The van der Waals surface area contributed by atoms with Crippen LogP contribution in [0, 0.1) is 29.6 Å². The number of carboxylic acid groups (broad SMARTS) is 1. The first-order valence-corrected chi connectivity index (χ1v) is 11.7. The average Bonchev–Trinajstić information content (AvgIpc) is 3.18. The van der Waals surface area contributed by atoms with Crippen molar-refractivity contribution in [2.45, 2.75) is 45.6 Å². The van der Waals surface area contributed by atoms with Gasteiger partial charge in [0.05, 0.1) is 21.9 Å². The molecule has 1 heterocycles. The summed E-state index contributed by atoms with van der Waals surface area (Å²) in [5.41, 5.74) is 0.713. The number of halogens is 3. The van der Waals surface area contributed by atoms with Crippen LogP contribution in [0.15, 0.2) is 23.8 Å². The van der Waals surface area contributed by atoms with E-state index in [-0.39, 0.29) is 44.4 Å². The number of rotatable bonds is 7. The highest BCUT2D eigenvalue weighted by atomic mass is 35.5. The zero-order valence-electron chi connectivity index (χ0n) is 18.1. The Bertz CT molecular complexity index is 939. The van der Waals surface area contributed by atoms with Crippen LogP contribution in [0.5, 0.6) is 0 Å². The summed E-state index contributed by atoms with van der Waals surface area (Å²) in [4.78, 5) is 28.1. The summed E-state index contributed by atoms with van der Waals surface area (Å²) in [6.07, 6.45) is 8.73. The summed E-state index contributed by atoms with van der Waals surface area (Å²) in [6, 6.07) is 0. The fourth-order valence-corrected chi connectivity index (χ4v) is 6.22. The lowest BCUT2D eigenvalue weighted by Crippen LogP contribution is -2.61. The number of carboxylic acids is 1. The Morgan fingerprint density at radius 1 is 1.29 bits per heavy atom. The third-order valence-corrected chi connectivity index (χ3v) is 8.37. The Hall–Kier alpha value is -1.27. The highest BCUT2D eigenvalue weighted by molar-refractivity contribution is 6.49. The quantitative estimate of drug-likeness (QED) is 0.324. The monoisotopic (exact) mass is 486 g/mol. The van der Waals surface area contributed by atoms with E-state index in [0.29, 0.717) is 6.42 Å². The third-order valence-electron chi connectivity index (χ3n) is 7.13. The number of carbonyl (C=O) groups is 2. The summed E-state index contributed by atoms with van der Waals surface area (Å²) in [6.45, 7) is 5.78. The molecule has 0 bridgehead atoms. The Labute approximate surface area is 198 Å². The number of ketones is 1. The molecule has 0 radical (unpaired) electrons. The van der Waals surface area contributed by atoms with Gasteiger partial charge in [0.15, 0.2) is 5.78 Å². The molecule has 6 atom stereocenters. The molecule has 3 rings (SSSR count). The van der Waals surface area contributed by atoms with E-state index >= 15 is 0 Å². The van der Waals surface area contributed by atoms with Gasteiger partial charge in [0.2, 0.25) is 0 Å². The summed E-state index contributed by atoms with van der Waals surface area (Å²) < 4.78 is 0. The largest absolute Gasteiger partial charge is 0.481 e. The Balaban J connectivity index is 2.09. The van der Waals surface area contributed by atoms with Crippen LogP contribution in [0.25, 0.3) is 0 Å². The summed E-state index contributed by atoms with van der Waals surface area (Å²) in [5.74, 6) is -1.66. The van der Waals surface area contributed by atoms with Crippen LogP contribution in [0.4, 0.5) is 0 Å². The summed E-state index contributed by atoms with van der Waals surface area (Å²) >= 11 is 18.6. The van der Waals surface area contributed by atoms with Gasteiger partial charge >= 0.3 is 5.97 Å². The second kappa shape index (κ2) is 9.30. The topological polar surface area (TPSA) is 82.2 Å². The Kier molecular flexibility index (Phi) is 7.31. The van der Waals surface area contributed by atoms with Gasteiger partial charge in [0.1, 0.15) is 10.8 Å². The maximum Gasteiger partial charge on any atom is 0.306 e. The van der Waals surface area contributed by atoms with Crippen molar-refractivity contribution >= 4 is 46.6 Å². The van der Waals surface area contributed by atoms with Crippen LogP contribution in [0.2, 0.25) is 15.2 Å². The standard InChI is InChI=1S/C23H29Cl3N2O3/c1-11(9-12(2)22(30)31)10-14-6-8-15-7-5-13(3)23(15,27-4)16(14)20(29)19-17(24)18(25)21(26)28-19/h6,8,10,12-16,27-28H,5,7,9H2,1-4H3,(H,30,31)/b11-10+/t12-,13+,14+,15+,16?,23+/m1/s1. The molecule has 1 aromatic heterocycles. The molecular weight excluding hydrogens is 459 g/mol. The van der Waals surface area contributed by atoms with E-state index < -0.39 is 23.3 Å². The molecule has 1 saturated carbocycles. The summed E-state index contributed by atoms with van der Waals surface area (Å²) in [5, 5.41) is 13.2. The fourth-order valence-electron chi connectivity index (χ4n) is 5.61. The van der Waals surface area contributed by atoms with Gasteiger partial charge in [-0.2, -0.15) is 0 Å². The van der Waals surface area contributed by atoms with Gasteiger partial charge in [0, 0.05) is 11.5 Å². The highest BCUT2D eigenvalue weighted by Gasteiger charge is 2.57. The van der Waals surface area contributed by atoms with Gasteiger partial charge in [-0.3, -0.25) is 9.59 Å². The van der Waals surface area contributed by atoms with Crippen LogP contribution in [0.1, 0.15) is 50.5 Å². The van der Waals surface area contributed by atoms with Crippen LogP contribution in [-0.4, -0.2) is 34.4 Å². The number of allylic oxidation sites excluding steroid dienone is 3. The second-order valence-corrected chi connectivity index (χ2v) is 10.1. The number of aromatic amines is 1. The van der Waals surface area contributed by atoms with E-state index in [0.717, 1.165) is 18.4 Å². The van der Waals surface area contributed by atoms with E-state index in [1.54, 1.807) is 6.92 Å². The number of H-pyrrole nitrogens is 1. The zero-order valence-corrected chi connectivity index (χ0v) is 20.4. The number of nitrogens with one attached hydrogen (secondary N) is 2. The predicted molar refractivity (Wildman–Crippen MR) is 125 cm³/mol. The van der Waals surface area contributed by atoms with Crippen molar-refractivity contribution in [2.24, 2.45) is 29.6 Å². The first-order chi connectivity index (χ1) is 14.5. The number of aromatic nitrogens is 1. The van der Waals surface area contributed by atoms with E-state index in [4.69, 9.17) is 34.8 Å². The van der Waals surface area contributed by atoms with Crippen LogP contribution >= 0.6 is 34.8 Å². The molecule has 2 aliphatic carbocycles. The minimum Gasteiger partial charge on any atom is -0.481 e. The molecule has 0 saturated heterocycles. The molecule has 0 spiro atoms. The summed E-state index contributed by atoms with van der Waals surface area (Å²) in [7, 11) is 1.91. The van der Waals surface area contributed by atoms with Crippen LogP contribution in [0.3, 0.4) is 0 Å². The van der Waals surface area contributed by atoms with E-state index in [1.807, 2.05) is 20.0 Å². The van der Waals surface area contributed by atoms with Crippen molar-refractivity contribution < 1.29 is 14.7 Å². The number of carbonyl (C=O) groups excluding carboxylic acids is 1. The number of aliphatic carboxylic acids is 1. The molecule has 31 heavy (non-hydrogen) atoms. The molecule has 170 valence electrons. The molecule has 0 aromatic carbocycles. The van der Waals surface area contributed by atoms with Gasteiger partial charge < -0.3 is 15.4 Å². The minimum absolute atomic E-state index is 0.138. The predicted octanol–water partition coefficient (Wildman–Crippen LogP) is 6.02. The fraction of sp³-hybridized carbons (Fsp3) is 0.565. The van der Waals surface area contributed by atoms with E-state index in [1.165, 1.54) is 0 Å². The first-order valence-electron chi connectivity index (χ1n) is 10.6. The van der Waals surface area contributed by atoms with Crippen molar-refractivity contribution in [3.63, 3.8) is 0 Å². The van der Waals surface area contributed by atoms with Crippen molar-refractivity contribution in [1.82, 2.24) is 10.3 Å². The van der Waals surface area contributed by atoms with Crippen LogP contribution < -0.4 is 5.32 Å². The third kappa shape index (κ3) is 4.22. The van der Waals surface area contributed by atoms with Crippen molar-refractivity contribution in [2.75, 3.05) is 7.05 Å². The lowest BCUT2D eigenvalue weighted by Gasteiger charge is -2.48. The lowest BCUT2D eigenvalue weighted by molar-refractivity contribution is -0.141. The van der Waals surface area contributed by atoms with Gasteiger partial charge in [-0.25, -0.2) is 0 Å². The van der Waals surface area contributed by atoms with E-state index in [9.17, 15) is 14.7 Å². The molecule has 3 N–H and O–H groups in total. The maximum atomic E-state index is 13.9. The normalized spacial score (nSPS) is 31.5. The molecule has 8 heteroatoms. The van der Waals surface area contributed by atoms with Gasteiger partial charge in [0.25, 0.3) is 0 Å². The van der Waals surface area contributed by atoms with Gasteiger partial charge in [-0.15, -0.1) is 0 Å². The molecule has 2 aliphatic rings. The smallest absolute Gasteiger partial charge is 0.306 e. The van der Waals surface area contributed by atoms with Crippen molar-refractivity contribution in [1.29, 1.82) is 0 Å². The zero-order chi connectivity index (χ0) is 23.1. The number of fused-ring (bicyclic) bond motifs is 1. The van der Waals surface area contributed by atoms with E-state index in [2.05, 4.69) is 29.4 Å². The molecule has 5 nitrogen and oxygen atoms in total. The Morgan fingerprint density at radius 3 is 2.52 bits per heavy atom.